The van der Waals surface area contributed by atoms with Crippen molar-refractivity contribution in [2.45, 2.75) is 19.3 Å². The Balaban J connectivity index is 2.56. The summed E-state index contributed by atoms with van der Waals surface area (Å²) < 4.78 is 10.6. The van der Waals surface area contributed by atoms with Crippen LogP contribution >= 0.6 is 0 Å². The van der Waals surface area contributed by atoms with Crippen molar-refractivity contribution in [1.82, 2.24) is 4.98 Å². The van der Waals surface area contributed by atoms with Crippen molar-refractivity contribution in [3.05, 3.63) is 48.2 Å². The van der Waals surface area contributed by atoms with E-state index >= 15 is 0 Å². The Kier molecular flexibility index (Phi) is 5.34. The Morgan fingerprint density at radius 3 is 2.65 bits per heavy atom. The van der Waals surface area contributed by atoms with Crippen LogP contribution in [0.4, 0.5) is 0 Å². The van der Waals surface area contributed by atoms with Crippen molar-refractivity contribution in [1.29, 1.82) is 0 Å². The molecule has 0 aliphatic rings. The van der Waals surface area contributed by atoms with Crippen LogP contribution in [0.15, 0.2) is 42.6 Å². The van der Waals surface area contributed by atoms with Crippen molar-refractivity contribution >= 4 is 5.97 Å². The molecule has 1 aromatic heterocycles. The molecule has 5 heteroatoms. The molecule has 0 radical (unpaired) electrons. The second-order valence-corrected chi connectivity index (χ2v) is 5.39. The monoisotopic (exact) mass is 314 g/mol. The summed E-state index contributed by atoms with van der Waals surface area (Å²) in [5, 5.41) is 0. The minimum atomic E-state index is -0.980. The molecule has 0 aliphatic heterocycles. The summed E-state index contributed by atoms with van der Waals surface area (Å²) in [7, 11) is 1.57. The summed E-state index contributed by atoms with van der Waals surface area (Å²) in [6.45, 7) is 3.96. The van der Waals surface area contributed by atoms with Gasteiger partial charge in [0.2, 0.25) is 0 Å². The van der Waals surface area contributed by atoms with Crippen molar-refractivity contribution < 1.29 is 14.3 Å². The van der Waals surface area contributed by atoms with Crippen LogP contribution in [0.1, 0.15) is 19.4 Å². The van der Waals surface area contributed by atoms with Crippen molar-refractivity contribution in [3.8, 4) is 17.0 Å². The topological polar surface area (TPSA) is 74.4 Å². The van der Waals surface area contributed by atoms with E-state index in [1.54, 1.807) is 27.2 Å². The van der Waals surface area contributed by atoms with Crippen LogP contribution in [0, 0.1) is 0 Å². The van der Waals surface area contributed by atoms with Gasteiger partial charge in [-0.25, -0.2) is 0 Å². The van der Waals surface area contributed by atoms with Gasteiger partial charge in [-0.3, -0.25) is 9.78 Å². The van der Waals surface area contributed by atoms with E-state index in [1.165, 1.54) is 0 Å². The molecule has 1 atom stereocenters. The van der Waals surface area contributed by atoms with Gasteiger partial charge >= 0.3 is 5.97 Å². The number of methoxy groups -OCH3 is 1. The second kappa shape index (κ2) is 7.24. The molecule has 0 saturated carbocycles. The van der Waals surface area contributed by atoms with Crippen molar-refractivity contribution in [2.75, 3.05) is 20.3 Å². The van der Waals surface area contributed by atoms with E-state index in [1.807, 2.05) is 36.4 Å². The third kappa shape index (κ3) is 3.35. The third-order valence-corrected chi connectivity index (χ3v) is 3.89. The van der Waals surface area contributed by atoms with Crippen LogP contribution in [-0.2, 0) is 14.9 Å². The maximum atomic E-state index is 12.4. The molecule has 0 spiro atoms. The van der Waals surface area contributed by atoms with Gasteiger partial charge in [0.05, 0.1) is 19.4 Å². The molecule has 0 fully saturated rings. The fourth-order valence-corrected chi connectivity index (χ4v) is 2.43. The van der Waals surface area contributed by atoms with Gasteiger partial charge in [0.15, 0.2) is 0 Å². The largest absolute Gasteiger partial charge is 0.496 e. The molecule has 0 aliphatic carbocycles. The first-order valence-corrected chi connectivity index (χ1v) is 7.54. The number of benzene rings is 1. The van der Waals surface area contributed by atoms with E-state index in [4.69, 9.17) is 15.2 Å². The molecular weight excluding hydrogens is 292 g/mol. The lowest BCUT2D eigenvalue weighted by Gasteiger charge is -2.28. The third-order valence-electron chi connectivity index (χ3n) is 3.89. The number of carbonyl (C=O) groups is 1. The molecular formula is C18H22N2O3. The molecule has 1 aromatic carbocycles. The highest BCUT2D eigenvalue weighted by Gasteiger charge is 2.38. The minimum absolute atomic E-state index is 0.119. The van der Waals surface area contributed by atoms with Crippen LogP contribution in [0.3, 0.4) is 0 Å². The van der Waals surface area contributed by atoms with Crippen LogP contribution in [-0.4, -0.2) is 31.2 Å². The molecule has 0 bridgehead atoms. The molecule has 1 unspecified atom stereocenters. The average Bonchev–Trinajstić information content (AvgIpc) is 2.61. The minimum Gasteiger partial charge on any atom is -0.496 e. The lowest BCUT2D eigenvalue weighted by molar-refractivity contribution is -0.149. The zero-order chi connectivity index (χ0) is 16.9. The zero-order valence-corrected chi connectivity index (χ0v) is 13.7. The lowest BCUT2D eigenvalue weighted by atomic mass is 9.81. The first-order valence-electron chi connectivity index (χ1n) is 7.54. The maximum absolute atomic E-state index is 12.4. The summed E-state index contributed by atoms with van der Waals surface area (Å²) >= 11 is 0. The van der Waals surface area contributed by atoms with Gasteiger partial charge in [0.1, 0.15) is 11.2 Å². The molecule has 122 valence electrons. The SMILES string of the molecule is CCOC(=O)C(C)(CN)c1cc(-c2ccccn2)ccc1OC. The number of rotatable bonds is 6. The summed E-state index contributed by atoms with van der Waals surface area (Å²) in [5.41, 5.74) is 7.34. The zero-order valence-electron chi connectivity index (χ0n) is 13.7. The van der Waals surface area contributed by atoms with Gasteiger partial charge in [-0.2, -0.15) is 0 Å². The first kappa shape index (κ1) is 17.0. The fourth-order valence-electron chi connectivity index (χ4n) is 2.43. The molecule has 1 heterocycles. The van der Waals surface area contributed by atoms with E-state index in [-0.39, 0.29) is 12.5 Å². The van der Waals surface area contributed by atoms with Crippen LogP contribution in [0.5, 0.6) is 5.75 Å². The van der Waals surface area contributed by atoms with Crippen LogP contribution in [0.2, 0.25) is 0 Å². The highest BCUT2D eigenvalue weighted by Crippen LogP contribution is 2.35. The lowest BCUT2D eigenvalue weighted by Crippen LogP contribution is -2.41. The van der Waals surface area contributed by atoms with Crippen LogP contribution in [0.25, 0.3) is 11.3 Å². The summed E-state index contributed by atoms with van der Waals surface area (Å²) in [6.07, 6.45) is 1.73. The smallest absolute Gasteiger partial charge is 0.317 e. The maximum Gasteiger partial charge on any atom is 0.317 e. The molecule has 0 amide bonds. The molecule has 2 rings (SSSR count). The average molecular weight is 314 g/mol. The Morgan fingerprint density at radius 2 is 2.09 bits per heavy atom. The summed E-state index contributed by atoms with van der Waals surface area (Å²) in [6, 6.07) is 11.3. The standard InChI is InChI=1S/C18H22N2O3/c1-4-23-17(21)18(2,12-19)14-11-13(8-9-16(14)22-3)15-7-5-6-10-20-15/h5-11H,4,12,19H2,1-3H3. The Morgan fingerprint density at radius 1 is 1.30 bits per heavy atom. The molecule has 0 saturated heterocycles. The van der Waals surface area contributed by atoms with E-state index in [9.17, 15) is 4.79 Å². The number of esters is 1. The number of carbonyl (C=O) groups excluding carboxylic acids is 1. The number of ether oxygens (including phenoxy) is 2. The normalized spacial score (nSPS) is 13.2. The van der Waals surface area contributed by atoms with Gasteiger partial charge in [-0.15, -0.1) is 0 Å². The fraction of sp³-hybridized carbons (Fsp3) is 0.333. The highest BCUT2D eigenvalue weighted by molar-refractivity contribution is 5.85. The molecule has 2 aromatic rings. The van der Waals surface area contributed by atoms with E-state index in [2.05, 4.69) is 4.98 Å². The predicted molar refractivity (Wildman–Crippen MR) is 89.3 cm³/mol. The number of nitrogens with zero attached hydrogens (tertiary/aromatic N) is 1. The summed E-state index contributed by atoms with van der Waals surface area (Å²) in [4.78, 5) is 16.8. The summed E-state index contributed by atoms with van der Waals surface area (Å²) in [5.74, 6) is 0.240. The van der Waals surface area contributed by atoms with Gasteiger partial charge in [0.25, 0.3) is 0 Å². The van der Waals surface area contributed by atoms with Gasteiger partial charge < -0.3 is 15.2 Å². The Hall–Kier alpha value is -2.40. The Bertz CT molecular complexity index is 673. The van der Waals surface area contributed by atoms with Gasteiger partial charge in [-0.05, 0) is 44.2 Å². The number of aromatic nitrogens is 1. The number of hydrogen-bond acceptors (Lipinski definition) is 5. The van der Waals surface area contributed by atoms with Crippen molar-refractivity contribution in [3.63, 3.8) is 0 Å². The molecule has 5 nitrogen and oxygen atoms in total. The van der Waals surface area contributed by atoms with E-state index < -0.39 is 5.41 Å². The van der Waals surface area contributed by atoms with Crippen LogP contribution < -0.4 is 10.5 Å². The number of nitrogens with two attached hydrogens (primary N) is 1. The number of hydrogen-bond donors (Lipinski definition) is 1. The quantitative estimate of drug-likeness (QED) is 0.829. The predicted octanol–water partition coefficient (Wildman–Crippen LogP) is 2.54. The highest BCUT2D eigenvalue weighted by atomic mass is 16.5. The Labute approximate surface area is 136 Å². The van der Waals surface area contributed by atoms with Gasteiger partial charge in [-0.1, -0.05) is 6.07 Å². The van der Waals surface area contributed by atoms with E-state index in [0.29, 0.717) is 17.9 Å². The molecule has 2 N–H and O–H groups in total. The first-order chi connectivity index (χ1) is 11.1. The second-order valence-electron chi connectivity index (χ2n) is 5.39. The van der Waals surface area contributed by atoms with Gasteiger partial charge in [0, 0.05) is 23.9 Å². The molecule has 23 heavy (non-hydrogen) atoms. The van der Waals surface area contributed by atoms with Crippen molar-refractivity contribution in [2.24, 2.45) is 5.73 Å². The number of pyridine rings is 1. The van der Waals surface area contributed by atoms with E-state index in [0.717, 1.165) is 11.3 Å².